The molecule has 0 radical (unpaired) electrons. The van der Waals surface area contributed by atoms with E-state index in [0.717, 1.165) is 10.6 Å². The average molecular weight is 304 g/mol. The highest BCUT2D eigenvalue weighted by Gasteiger charge is 2.19. The van der Waals surface area contributed by atoms with Crippen LogP contribution in [0.25, 0.3) is 0 Å². The van der Waals surface area contributed by atoms with Crippen LogP contribution in [0.4, 0.5) is 0 Å². The number of hydrogen-bond acceptors (Lipinski definition) is 4. The molecule has 0 aliphatic carbocycles. The van der Waals surface area contributed by atoms with Gasteiger partial charge in [-0.05, 0) is 12.5 Å². The Morgan fingerprint density at radius 1 is 1.29 bits per heavy atom. The van der Waals surface area contributed by atoms with Crippen LogP contribution in [0, 0.1) is 0 Å². The van der Waals surface area contributed by atoms with Gasteiger partial charge >= 0.3 is 5.97 Å². The van der Waals surface area contributed by atoms with Gasteiger partial charge in [-0.2, -0.15) is 0 Å². The molecule has 0 unspecified atom stereocenters. The summed E-state index contributed by atoms with van der Waals surface area (Å²) >= 11 is 1.41. The maximum Gasteiger partial charge on any atom is 0.323 e. The highest BCUT2D eigenvalue weighted by molar-refractivity contribution is 7.09. The number of rotatable bonds is 6. The van der Waals surface area contributed by atoms with E-state index < -0.39 is 5.97 Å². The van der Waals surface area contributed by atoms with Crippen molar-refractivity contribution in [3.63, 3.8) is 0 Å². The first kappa shape index (κ1) is 15.2. The smallest absolute Gasteiger partial charge is 0.323 e. The molecule has 1 aromatic carbocycles. The van der Waals surface area contributed by atoms with Gasteiger partial charge in [0.25, 0.3) is 5.91 Å². The van der Waals surface area contributed by atoms with Crippen LogP contribution in [0.5, 0.6) is 0 Å². The summed E-state index contributed by atoms with van der Waals surface area (Å²) in [4.78, 5) is 28.5. The van der Waals surface area contributed by atoms with E-state index in [1.807, 2.05) is 30.3 Å². The Balaban J connectivity index is 2.08. The van der Waals surface area contributed by atoms with Crippen LogP contribution >= 0.6 is 11.3 Å². The number of aromatic nitrogens is 1. The van der Waals surface area contributed by atoms with Gasteiger partial charge in [0.1, 0.15) is 12.2 Å². The van der Waals surface area contributed by atoms with Crippen LogP contribution in [-0.2, 0) is 11.2 Å². The summed E-state index contributed by atoms with van der Waals surface area (Å²) in [6.07, 6.45) is 0.670. The number of carbonyl (C=O) groups excluding carboxylic acids is 1. The minimum atomic E-state index is -1.02. The lowest BCUT2D eigenvalue weighted by Crippen LogP contribution is -2.35. The number of thiazole rings is 1. The Morgan fingerprint density at radius 3 is 2.62 bits per heavy atom. The number of aliphatic carboxylic acids is 1. The number of amides is 1. The standard InChI is InChI=1S/C15H16N2O3S/c1-2-17(9-14(18)19)15(20)12-10-21-13(16-12)8-11-6-4-3-5-7-11/h3-7,10H,2,8-9H2,1H3,(H,18,19). The number of nitrogens with zero attached hydrogens (tertiary/aromatic N) is 2. The van der Waals surface area contributed by atoms with Crippen molar-refractivity contribution in [3.8, 4) is 0 Å². The van der Waals surface area contributed by atoms with E-state index in [4.69, 9.17) is 5.11 Å². The third kappa shape index (κ3) is 4.13. The molecule has 0 bridgehead atoms. The van der Waals surface area contributed by atoms with Crippen molar-refractivity contribution in [2.75, 3.05) is 13.1 Å². The van der Waals surface area contributed by atoms with E-state index in [-0.39, 0.29) is 12.5 Å². The van der Waals surface area contributed by atoms with Crippen molar-refractivity contribution < 1.29 is 14.7 Å². The summed E-state index contributed by atoms with van der Waals surface area (Å²) < 4.78 is 0. The molecule has 1 aromatic heterocycles. The van der Waals surface area contributed by atoms with Crippen LogP contribution in [0.2, 0.25) is 0 Å². The fourth-order valence-electron chi connectivity index (χ4n) is 1.91. The van der Waals surface area contributed by atoms with E-state index >= 15 is 0 Å². The molecule has 0 spiro atoms. The second kappa shape index (κ2) is 6.99. The second-order valence-corrected chi connectivity index (χ2v) is 5.44. The number of benzene rings is 1. The van der Waals surface area contributed by atoms with E-state index in [1.165, 1.54) is 16.2 Å². The third-order valence-corrected chi connectivity index (χ3v) is 3.81. The maximum atomic E-state index is 12.2. The number of likely N-dealkylation sites (N-methyl/N-ethyl adjacent to an activating group) is 1. The quantitative estimate of drug-likeness (QED) is 0.889. The third-order valence-electron chi connectivity index (χ3n) is 2.96. The molecule has 1 amide bonds. The Hall–Kier alpha value is -2.21. The summed E-state index contributed by atoms with van der Waals surface area (Å²) in [5, 5.41) is 11.3. The molecule has 0 saturated carbocycles. The van der Waals surface area contributed by atoms with Gasteiger partial charge < -0.3 is 10.0 Å². The summed E-state index contributed by atoms with van der Waals surface area (Å²) in [6.45, 7) is 1.79. The highest BCUT2D eigenvalue weighted by Crippen LogP contribution is 2.16. The molecular formula is C15H16N2O3S. The Bertz CT molecular complexity index is 625. The van der Waals surface area contributed by atoms with Crippen molar-refractivity contribution >= 4 is 23.2 Å². The minimum Gasteiger partial charge on any atom is -0.480 e. The fourth-order valence-corrected chi connectivity index (χ4v) is 2.72. The molecule has 2 aromatic rings. The zero-order valence-electron chi connectivity index (χ0n) is 11.7. The predicted octanol–water partition coefficient (Wildman–Crippen LogP) is 2.28. The Kier molecular flexibility index (Phi) is 5.05. The van der Waals surface area contributed by atoms with E-state index in [9.17, 15) is 9.59 Å². The van der Waals surface area contributed by atoms with E-state index in [2.05, 4.69) is 4.98 Å². The molecule has 2 rings (SSSR count). The van der Waals surface area contributed by atoms with Crippen molar-refractivity contribution in [3.05, 3.63) is 52.0 Å². The zero-order chi connectivity index (χ0) is 15.2. The first-order valence-corrected chi connectivity index (χ1v) is 7.47. The predicted molar refractivity (Wildman–Crippen MR) is 80.6 cm³/mol. The maximum absolute atomic E-state index is 12.2. The van der Waals surface area contributed by atoms with Crippen molar-refractivity contribution in [2.24, 2.45) is 0 Å². The molecule has 6 heteroatoms. The van der Waals surface area contributed by atoms with Gasteiger partial charge in [-0.1, -0.05) is 30.3 Å². The van der Waals surface area contributed by atoms with Gasteiger partial charge in [-0.25, -0.2) is 4.98 Å². The molecule has 0 atom stereocenters. The number of carboxylic acid groups (broad SMARTS) is 1. The van der Waals surface area contributed by atoms with Crippen molar-refractivity contribution in [2.45, 2.75) is 13.3 Å². The topological polar surface area (TPSA) is 70.5 Å². The van der Waals surface area contributed by atoms with Crippen LogP contribution < -0.4 is 0 Å². The van der Waals surface area contributed by atoms with Gasteiger partial charge in [0.05, 0.1) is 5.01 Å². The van der Waals surface area contributed by atoms with E-state index in [1.54, 1.807) is 12.3 Å². The molecule has 1 heterocycles. The van der Waals surface area contributed by atoms with Crippen molar-refractivity contribution in [1.82, 2.24) is 9.88 Å². The monoisotopic (exact) mass is 304 g/mol. The molecule has 21 heavy (non-hydrogen) atoms. The lowest BCUT2D eigenvalue weighted by atomic mass is 10.2. The lowest BCUT2D eigenvalue weighted by Gasteiger charge is -2.16. The number of carbonyl (C=O) groups is 2. The molecule has 0 fully saturated rings. The zero-order valence-corrected chi connectivity index (χ0v) is 12.5. The summed E-state index contributed by atoms with van der Waals surface area (Å²) in [6, 6.07) is 9.88. The Morgan fingerprint density at radius 2 is 2.00 bits per heavy atom. The fraction of sp³-hybridized carbons (Fsp3) is 0.267. The van der Waals surface area contributed by atoms with Gasteiger partial charge in [-0.3, -0.25) is 9.59 Å². The molecule has 110 valence electrons. The Labute approximate surface area is 126 Å². The van der Waals surface area contributed by atoms with Gasteiger partial charge in [-0.15, -0.1) is 11.3 Å². The first-order valence-electron chi connectivity index (χ1n) is 6.59. The van der Waals surface area contributed by atoms with Crippen LogP contribution in [-0.4, -0.2) is 40.0 Å². The summed E-state index contributed by atoms with van der Waals surface area (Å²) in [7, 11) is 0. The van der Waals surface area contributed by atoms with Crippen molar-refractivity contribution in [1.29, 1.82) is 0 Å². The van der Waals surface area contributed by atoms with Crippen LogP contribution in [0.15, 0.2) is 35.7 Å². The van der Waals surface area contributed by atoms with Crippen LogP contribution in [0.3, 0.4) is 0 Å². The number of hydrogen-bond donors (Lipinski definition) is 1. The molecule has 1 N–H and O–H groups in total. The van der Waals surface area contributed by atoms with Crippen LogP contribution in [0.1, 0.15) is 28.0 Å². The summed E-state index contributed by atoms with van der Waals surface area (Å²) in [5.74, 6) is -1.36. The second-order valence-electron chi connectivity index (χ2n) is 4.50. The highest BCUT2D eigenvalue weighted by atomic mass is 32.1. The molecule has 0 saturated heterocycles. The molecule has 0 aliphatic rings. The van der Waals surface area contributed by atoms with Gasteiger partial charge in [0.15, 0.2) is 0 Å². The average Bonchev–Trinajstić information content (AvgIpc) is 2.93. The minimum absolute atomic E-state index is 0.305. The number of carboxylic acids is 1. The lowest BCUT2D eigenvalue weighted by molar-refractivity contribution is -0.137. The van der Waals surface area contributed by atoms with Gasteiger partial charge in [0, 0.05) is 18.3 Å². The SMILES string of the molecule is CCN(CC(=O)O)C(=O)c1csc(Cc2ccccc2)n1. The normalized spacial score (nSPS) is 10.3. The summed E-state index contributed by atoms with van der Waals surface area (Å²) in [5.41, 5.74) is 1.44. The molecule has 5 nitrogen and oxygen atoms in total. The van der Waals surface area contributed by atoms with Gasteiger partial charge in [0.2, 0.25) is 0 Å². The first-order chi connectivity index (χ1) is 10.1. The molecule has 0 aliphatic heterocycles. The van der Waals surface area contributed by atoms with E-state index in [0.29, 0.717) is 18.7 Å². The molecular weight excluding hydrogens is 288 g/mol. The largest absolute Gasteiger partial charge is 0.480 e.